The summed E-state index contributed by atoms with van der Waals surface area (Å²) in [6, 6.07) is 16.3. The molecule has 1 heterocycles. The largest absolute Gasteiger partial charge is 0.492 e. The van der Waals surface area contributed by atoms with Crippen molar-refractivity contribution in [2.75, 3.05) is 13.2 Å². The molecular weight excluding hydrogens is 300 g/mol. The fraction of sp³-hybridized carbons (Fsp3) is 0.350. The van der Waals surface area contributed by atoms with Gasteiger partial charge in [0.2, 0.25) is 0 Å². The first-order chi connectivity index (χ1) is 11.7. The number of aliphatic hydroxyl groups is 1. The van der Waals surface area contributed by atoms with Gasteiger partial charge in [-0.25, -0.2) is 4.98 Å². The molecule has 0 radical (unpaired) electrons. The lowest BCUT2D eigenvalue weighted by Gasteiger charge is -2.11. The minimum absolute atomic E-state index is 0.0981. The first kappa shape index (κ1) is 16.5. The summed E-state index contributed by atoms with van der Waals surface area (Å²) < 4.78 is 8.02. The zero-order valence-electron chi connectivity index (χ0n) is 14.3. The van der Waals surface area contributed by atoms with Crippen molar-refractivity contribution in [2.24, 2.45) is 0 Å². The van der Waals surface area contributed by atoms with E-state index in [-0.39, 0.29) is 6.61 Å². The molecule has 0 atom stereocenters. The lowest BCUT2D eigenvalue weighted by atomic mass is 10.0. The van der Waals surface area contributed by atoms with Crippen molar-refractivity contribution in [1.29, 1.82) is 0 Å². The Morgan fingerprint density at radius 3 is 2.54 bits per heavy atom. The topological polar surface area (TPSA) is 47.3 Å². The molecule has 0 aliphatic heterocycles. The Balaban J connectivity index is 1.70. The van der Waals surface area contributed by atoms with Crippen molar-refractivity contribution in [3.8, 4) is 5.75 Å². The number of nitrogens with zero attached hydrogens (tertiary/aromatic N) is 2. The lowest BCUT2D eigenvalue weighted by Crippen LogP contribution is -2.12. The van der Waals surface area contributed by atoms with Crippen molar-refractivity contribution in [2.45, 2.75) is 32.7 Å². The average molecular weight is 324 g/mol. The van der Waals surface area contributed by atoms with Crippen LogP contribution in [0.3, 0.4) is 0 Å². The smallest absolute Gasteiger partial charge is 0.119 e. The van der Waals surface area contributed by atoms with Gasteiger partial charge in [0, 0.05) is 6.42 Å². The molecule has 0 unspecified atom stereocenters. The van der Waals surface area contributed by atoms with Crippen LogP contribution in [0, 0.1) is 0 Å². The van der Waals surface area contributed by atoms with E-state index in [2.05, 4.69) is 41.6 Å². The third kappa shape index (κ3) is 3.60. The maximum atomic E-state index is 9.26. The summed E-state index contributed by atoms with van der Waals surface area (Å²) in [5.74, 6) is 2.31. The average Bonchev–Trinajstić information content (AvgIpc) is 2.93. The molecule has 1 N–H and O–H groups in total. The molecule has 1 aromatic heterocycles. The van der Waals surface area contributed by atoms with Crippen LogP contribution in [0.2, 0.25) is 0 Å². The van der Waals surface area contributed by atoms with Gasteiger partial charge in [-0.1, -0.05) is 38.1 Å². The van der Waals surface area contributed by atoms with E-state index in [0.29, 0.717) is 25.5 Å². The Morgan fingerprint density at radius 1 is 1.08 bits per heavy atom. The standard InChI is InChI=1S/C20H24N2O2/c1-15(2)16-7-9-17(10-8-16)24-14-12-22-19-6-4-3-5-18(19)21-20(22)11-13-23/h3-10,15,23H,11-14H2,1-2H3. The quantitative estimate of drug-likeness (QED) is 0.719. The van der Waals surface area contributed by atoms with E-state index in [1.54, 1.807) is 0 Å². The first-order valence-electron chi connectivity index (χ1n) is 8.47. The predicted octanol–water partition coefficient (Wildman–Crippen LogP) is 3.77. The van der Waals surface area contributed by atoms with Gasteiger partial charge in [-0.2, -0.15) is 0 Å². The van der Waals surface area contributed by atoms with Crippen molar-refractivity contribution in [3.05, 3.63) is 59.9 Å². The molecule has 2 aromatic carbocycles. The summed E-state index contributed by atoms with van der Waals surface area (Å²) in [6.45, 7) is 5.74. The van der Waals surface area contributed by atoms with Gasteiger partial charge in [-0.05, 0) is 35.7 Å². The molecule has 0 aliphatic carbocycles. The van der Waals surface area contributed by atoms with Crippen LogP contribution in [-0.2, 0) is 13.0 Å². The Bertz CT molecular complexity index is 791. The molecule has 0 saturated carbocycles. The molecule has 0 amide bonds. The van der Waals surface area contributed by atoms with E-state index in [4.69, 9.17) is 4.74 Å². The second kappa shape index (κ2) is 7.49. The molecule has 0 aliphatic rings. The lowest BCUT2D eigenvalue weighted by molar-refractivity contribution is 0.283. The minimum Gasteiger partial charge on any atom is -0.492 e. The van der Waals surface area contributed by atoms with Crippen molar-refractivity contribution in [3.63, 3.8) is 0 Å². The maximum Gasteiger partial charge on any atom is 0.119 e. The molecule has 0 bridgehead atoms. The molecule has 3 aromatic rings. The van der Waals surface area contributed by atoms with Gasteiger partial charge in [0.1, 0.15) is 18.2 Å². The van der Waals surface area contributed by atoms with Crippen LogP contribution in [0.15, 0.2) is 48.5 Å². The fourth-order valence-electron chi connectivity index (χ4n) is 2.87. The van der Waals surface area contributed by atoms with Gasteiger partial charge in [-0.15, -0.1) is 0 Å². The van der Waals surface area contributed by atoms with E-state index < -0.39 is 0 Å². The number of ether oxygens (including phenoxy) is 1. The van der Waals surface area contributed by atoms with Crippen LogP contribution in [0.4, 0.5) is 0 Å². The minimum atomic E-state index is 0.0981. The Labute approximate surface area is 142 Å². The number of benzene rings is 2. The number of hydrogen-bond acceptors (Lipinski definition) is 3. The maximum absolute atomic E-state index is 9.26. The normalized spacial score (nSPS) is 11.3. The molecule has 0 spiro atoms. The van der Waals surface area contributed by atoms with E-state index in [1.807, 2.05) is 30.3 Å². The van der Waals surface area contributed by atoms with Crippen LogP contribution in [0.5, 0.6) is 5.75 Å². The molecule has 24 heavy (non-hydrogen) atoms. The van der Waals surface area contributed by atoms with Crippen LogP contribution in [-0.4, -0.2) is 27.9 Å². The number of fused-ring (bicyclic) bond motifs is 1. The summed E-state index contributed by atoms with van der Waals surface area (Å²) in [5, 5.41) is 9.26. The highest BCUT2D eigenvalue weighted by molar-refractivity contribution is 5.75. The Hall–Kier alpha value is -2.33. The molecule has 0 fully saturated rings. The molecule has 4 nitrogen and oxygen atoms in total. The number of para-hydroxylation sites is 2. The third-order valence-electron chi connectivity index (χ3n) is 4.20. The van der Waals surface area contributed by atoms with Gasteiger partial charge < -0.3 is 14.4 Å². The second-order valence-corrected chi connectivity index (χ2v) is 6.21. The van der Waals surface area contributed by atoms with E-state index in [9.17, 15) is 5.11 Å². The van der Waals surface area contributed by atoms with Gasteiger partial charge in [0.15, 0.2) is 0 Å². The summed E-state index contributed by atoms with van der Waals surface area (Å²) in [4.78, 5) is 4.61. The number of hydrogen-bond donors (Lipinski definition) is 1. The number of aliphatic hydroxyl groups excluding tert-OH is 1. The summed E-state index contributed by atoms with van der Waals surface area (Å²) >= 11 is 0. The van der Waals surface area contributed by atoms with Gasteiger partial charge in [0.05, 0.1) is 24.2 Å². The van der Waals surface area contributed by atoms with Gasteiger partial charge in [0.25, 0.3) is 0 Å². The number of aromatic nitrogens is 2. The summed E-state index contributed by atoms with van der Waals surface area (Å²) in [6.07, 6.45) is 0.553. The molecule has 4 heteroatoms. The zero-order chi connectivity index (χ0) is 16.9. The monoisotopic (exact) mass is 324 g/mol. The molecule has 0 saturated heterocycles. The molecule has 3 rings (SSSR count). The van der Waals surface area contributed by atoms with Crippen LogP contribution in [0.25, 0.3) is 11.0 Å². The van der Waals surface area contributed by atoms with E-state index in [1.165, 1.54) is 5.56 Å². The summed E-state index contributed by atoms with van der Waals surface area (Å²) in [7, 11) is 0. The highest BCUT2D eigenvalue weighted by atomic mass is 16.5. The van der Waals surface area contributed by atoms with Crippen molar-refractivity contribution < 1.29 is 9.84 Å². The molecular formula is C20H24N2O2. The number of imidazole rings is 1. The van der Waals surface area contributed by atoms with Crippen LogP contribution >= 0.6 is 0 Å². The third-order valence-corrected chi connectivity index (χ3v) is 4.20. The highest BCUT2D eigenvalue weighted by Gasteiger charge is 2.10. The predicted molar refractivity (Wildman–Crippen MR) is 96.5 cm³/mol. The second-order valence-electron chi connectivity index (χ2n) is 6.21. The van der Waals surface area contributed by atoms with Crippen molar-refractivity contribution in [1.82, 2.24) is 9.55 Å². The van der Waals surface area contributed by atoms with E-state index >= 15 is 0 Å². The van der Waals surface area contributed by atoms with Gasteiger partial charge in [-0.3, -0.25) is 0 Å². The fourth-order valence-corrected chi connectivity index (χ4v) is 2.87. The Morgan fingerprint density at radius 2 is 1.83 bits per heavy atom. The number of rotatable bonds is 7. The highest BCUT2D eigenvalue weighted by Crippen LogP contribution is 2.19. The van der Waals surface area contributed by atoms with Crippen molar-refractivity contribution >= 4 is 11.0 Å². The van der Waals surface area contributed by atoms with E-state index in [0.717, 1.165) is 22.6 Å². The van der Waals surface area contributed by atoms with Crippen LogP contribution < -0.4 is 4.74 Å². The Kier molecular flexibility index (Phi) is 5.16. The van der Waals surface area contributed by atoms with Crippen LogP contribution in [0.1, 0.15) is 31.2 Å². The van der Waals surface area contributed by atoms with Gasteiger partial charge >= 0.3 is 0 Å². The SMILES string of the molecule is CC(C)c1ccc(OCCn2c(CCO)nc3ccccc32)cc1. The molecule has 126 valence electrons. The zero-order valence-corrected chi connectivity index (χ0v) is 14.3. The summed E-state index contributed by atoms with van der Waals surface area (Å²) in [5.41, 5.74) is 3.36. The first-order valence-corrected chi connectivity index (χ1v) is 8.47.